The number of carbonyl (C=O) groups excluding carboxylic acids is 1. The van der Waals surface area contributed by atoms with Crippen LogP contribution in [0.2, 0.25) is 0 Å². The number of aromatic hydroxyl groups is 1. The van der Waals surface area contributed by atoms with Gasteiger partial charge in [0.2, 0.25) is 0 Å². The van der Waals surface area contributed by atoms with E-state index in [-0.39, 0.29) is 17.8 Å². The second-order valence-corrected chi connectivity index (χ2v) is 4.71. The molecule has 18 heavy (non-hydrogen) atoms. The van der Waals surface area contributed by atoms with Crippen LogP contribution >= 0.6 is 0 Å². The molecular formula is C13H17NO4. The lowest BCUT2D eigenvalue weighted by Gasteiger charge is -2.17. The van der Waals surface area contributed by atoms with Gasteiger partial charge in [-0.25, -0.2) is 0 Å². The van der Waals surface area contributed by atoms with Crippen molar-refractivity contribution in [2.75, 3.05) is 13.2 Å². The van der Waals surface area contributed by atoms with Gasteiger partial charge in [-0.15, -0.1) is 0 Å². The van der Waals surface area contributed by atoms with Gasteiger partial charge in [0, 0.05) is 12.1 Å². The smallest absolute Gasteiger partial charge is 0.251 e. The van der Waals surface area contributed by atoms with Gasteiger partial charge in [-0.05, 0) is 38.1 Å². The molecule has 98 valence electrons. The predicted molar refractivity (Wildman–Crippen MR) is 65.3 cm³/mol. The molecule has 1 amide bonds. The SMILES string of the molecule is CC1(C)OCC(CNC(=O)c2ccc(O)cc2)O1. The summed E-state index contributed by atoms with van der Waals surface area (Å²) in [5.74, 6) is -0.627. The van der Waals surface area contributed by atoms with Crippen LogP contribution in [0.5, 0.6) is 5.75 Å². The van der Waals surface area contributed by atoms with Crippen LogP contribution in [0.4, 0.5) is 0 Å². The van der Waals surface area contributed by atoms with Crippen LogP contribution in [-0.4, -0.2) is 36.1 Å². The molecule has 1 fully saturated rings. The van der Waals surface area contributed by atoms with E-state index in [2.05, 4.69) is 5.32 Å². The Bertz CT molecular complexity index is 427. The molecule has 1 aliphatic rings. The van der Waals surface area contributed by atoms with Crippen LogP contribution in [0.15, 0.2) is 24.3 Å². The molecule has 0 saturated carbocycles. The van der Waals surface area contributed by atoms with Gasteiger partial charge in [0.25, 0.3) is 5.91 Å². The zero-order valence-electron chi connectivity index (χ0n) is 10.5. The normalized spacial score (nSPS) is 21.8. The Morgan fingerprint density at radius 1 is 1.44 bits per heavy atom. The number of rotatable bonds is 3. The Hall–Kier alpha value is -1.59. The Balaban J connectivity index is 1.84. The van der Waals surface area contributed by atoms with Gasteiger partial charge in [0.05, 0.1) is 6.61 Å². The minimum atomic E-state index is -0.575. The summed E-state index contributed by atoms with van der Waals surface area (Å²) < 4.78 is 11.0. The van der Waals surface area contributed by atoms with E-state index in [4.69, 9.17) is 14.6 Å². The maximum absolute atomic E-state index is 11.8. The maximum atomic E-state index is 11.8. The topological polar surface area (TPSA) is 67.8 Å². The number of hydrogen-bond acceptors (Lipinski definition) is 4. The summed E-state index contributed by atoms with van der Waals surface area (Å²) in [5, 5.41) is 11.9. The van der Waals surface area contributed by atoms with E-state index < -0.39 is 5.79 Å². The van der Waals surface area contributed by atoms with Crippen molar-refractivity contribution in [3.8, 4) is 5.75 Å². The van der Waals surface area contributed by atoms with Gasteiger partial charge < -0.3 is 19.9 Å². The molecule has 2 N–H and O–H groups in total. The molecule has 1 aromatic rings. The number of amides is 1. The van der Waals surface area contributed by atoms with Crippen LogP contribution in [0, 0.1) is 0 Å². The van der Waals surface area contributed by atoms with Crippen molar-refractivity contribution in [2.24, 2.45) is 0 Å². The second-order valence-electron chi connectivity index (χ2n) is 4.71. The fraction of sp³-hybridized carbons (Fsp3) is 0.462. The van der Waals surface area contributed by atoms with E-state index in [0.717, 1.165) is 0 Å². The molecule has 1 aliphatic heterocycles. The van der Waals surface area contributed by atoms with Crippen LogP contribution in [-0.2, 0) is 9.47 Å². The standard InChI is InChI=1S/C13H17NO4/c1-13(2)17-8-11(18-13)7-14-12(16)9-3-5-10(15)6-4-9/h3-6,11,15H,7-8H2,1-2H3,(H,14,16). The molecule has 0 aliphatic carbocycles. The highest BCUT2D eigenvalue weighted by Crippen LogP contribution is 2.21. The number of phenols is 1. The molecule has 0 radical (unpaired) electrons. The van der Waals surface area contributed by atoms with Gasteiger partial charge >= 0.3 is 0 Å². The predicted octanol–water partition coefficient (Wildman–Crippen LogP) is 1.27. The Labute approximate surface area is 106 Å². The number of ether oxygens (including phenoxy) is 2. The number of nitrogens with one attached hydrogen (secondary N) is 1. The van der Waals surface area contributed by atoms with Gasteiger partial charge in [0.15, 0.2) is 5.79 Å². The number of carbonyl (C=O) groups is 1. The molecule has 1 heterocycles. The molecule has 2 rings (SSSR count). The first kappa shape index (κ1) is 12.9. The lowest BCUT2D eigenvalue weighted by atomic mass is 10.2. The van der Waals surface area contributed by atoms with E-state index in [9.17, 15) is 4.79 Å². The van der Waals surface area contributed by atoms with E-state index in [1.165, 1.54) is 12.1 Å². The summed E-state index contributed by atoms with van der Waals surface area (Å²) in [5.41, 5.74) is 0.506. The zero-order chi connectivity index (χ0) is 13.2. The van der Waals surface area contributed by atoms with Gasteiger partial charge in [-0.2, -0.15) is 0 Å². The molecule has 0 spiro atoms. The van der Waals surface area contributed by atoms with Crippen molar-refractivity contribution < 1.29 is 19.4 Å². The summed E-state index contributed by atoms with van der Waals surface area (Å²) in [6, 6.07) is 6.10. The highest BCUT2D eigenvalue weighted by Gasteiger charge is 2.32. The Kier molecular flexibility index (Phi) is 3.54. The molecule has 1 unspecified atom stereocenters. The van der Waals surface area contributed by atoms with Crippen molar-refractivity contribution in [1.82, 2.24) is 5.32 Å². The average Bonchev–Trinajstić information content (AvgIpc) is 2.67. The molecule has 0 bridgehead atoms. The fourth-order valence-electron chi connectivity index (χ4n) is 1.79. The van der Waals surface area contributed by atoms with Gasteiger partial charge in [-0.3, -0.25) is 4.79 Å². The van der Waals surface area contributed by atoms with Crippen molar-refractivity contribution in [3.05, 3.63) is 29.8 Å². The number of hydrogen-bond donors (Lipinski definition) is 2. The zero-order valence-corrected chi connectivity index (χ0v) is 10.5. The molecule has 0 aromatic heterocycles. The van der Waals surface area contributed by atoms with Crippen LogP contribution in [0.3, 0.4) is 0 Å². The van der Waals surface area contributed by atoms with Crippen LogP contribution < -0.4 is 5.32 Å². The van der Waals surface area contributed by atoms with Crippen molar-refractivity contribution in [2.45, 2.75) is 25.7 Å². The highest BCUT2D eigenvalue weighted by atomic mass is 16.7. The highest BCUT2D eigenvalue weighted by molar-refractivity contribution is 5.94. The number of phenolic OH excluding ortho intramolecular Hbond substituents is 1. The Morgan fingerprint density at radius 2 is 2.11 bits per heavy atom. The third-order valence-electron chi connectivity index (χ3n) is 2.69. The van der Waals surface area contributed by atoms with E-state index in [1.807, 2.05) is 13.8 Å². The van der Waals surface area contributed by atoms with E-state index in [1.54, 1.807) is 12.1 Å². The monoisotopic (exact) mass is 251 g/mol. The molecule has 1 aromatic carbocycles. The summed E-state index contributed by atoms with van der Waals surface area (Å²) >= 11 is 0. The lowest BCUT2D eigenvalue weighted by Crippen LogP contribution is -2.34. The minimum Gasteiger partial charge on any atom is -0.508 e. The largest absolute Gasteiger partial charge is 0.508 e. The maximum Gasteiger partial charge on any atom is 0.251 e. The quantitative estimate of drug-likeness (QED) is 0.849. The van der Waals surface area contributed by atoms with Gasteiger partial charge in [0.1, 0.15) is 11.9 Å². The fourth-order valence-corrected chi connectivity index (χ4v) is 1.79. The van der Waals surface area contributed by atoms with Crippen LogP contribution in [0.1, 0.15) is 24.2 Å². The van der Waals surface area contributed by atoms with E-state index >= 15 is 0 Å². The Morgan fingerprint density at radius 3 is 2.67 bits per heavy atom. The number of benzene rings is 1. The molecule has 5 nitrogen and oxygen atoms in total. The lowest BCUT2D eigenvalue weighted by molar-refractivity contribution is -0.137. The summed E-state index contributed by atoms with van der Waals surface area (Å²) in [7, 11) is 0. The second kappa shape index (κ2) is 4.96. The van der Waals surface area contributed by atoms with E-state index in [0.29, 0.717) is 18.7 Å². The minimum absolute atomic E-state index is 0.124. The first-order valence-corrected chi connectivity index (χ1v) is 5.85. The van der Waals surface area contributed by atoms with Gasteiger partial charge in [-0.1, -0.05) is 0 Å². The molecular weight excluding hydrogens is 234 g/mol. The summed E-state index contributed by atoms with van der Waals surface area (Å²) in [4.78, 5) is 11.8. The molecule has 1 atom stereocenters. The van der Waals surface area contributed by atoms with Crippen molar-refractivity contribution in [1.29, 1.82) is 0 Å². The first-order chi connectivity index (χ1) is 8.46. The average molecular weight is 251 g/mol. The third kappa shape index (κ3) is 3.21. The third-order valence-corrected chi connectivity index (χ3v) is 2.69. The van der Waals surface area contributed by atoms with Crippen LogP contribution in [0.25, 0.3) is 0 Å². The molecule has 5 heteroatoms. The summed E-state index contributed by atoms with van der Waals surface area (Å²) in [6.45, 7) is 4.57. The summed E-state index contributed by atoms with van der Waals surface area (Å²) in [6.07, 6.45) is -0.124. The van der Waals surface area contributed by atoms with Crippen molar-refractivity contribution in [3.63, 3.8) is 0 Å². The molecule has 1 saturated heterocycles. The first-order valence-electron chi connectivity index (χ1n) is 5.85. The van der Waals surface area contributed by atoms with Crippen molar-refractivity contribution >= 4 is 5.91 Å².